The van der Waals surface area contributed by atoms with Crippen LogP contribution in [0.25, 0.3) is 0 Å². The van der Waals surface area contributed by atoms with Crippen molar-refractivity contribution in [1.82, 2.24) is 5.32 Å². The van der Waals surface area contributed by atoms with Crippen molar-refractivity contribution in [3.63, 3.8) is 0 Å². The molecule has 1 N–H and O–H groups in total. The molecule has 28 heavy (non-hydrogen) atoms. The maximum Gasteiger partial charge on any atom is 0.267 e. The molecule has 7 heteroatoms. The van der Waals surface area contributed by atoms with Gasteiger partial charge in [-0.2, -0.15) is 5.10 Å². The first-order valence-electron chi connectivity index (χ1n) is 9.33. The maximum absolute atomic E-state index is 12.5. The summed E-state index contributed by atoms with van der Waals surface area (Å²) in [4.78, 5) is 24.6. The van der Waals surface area contributed by atoms with Gasteiger partial charge in [0, 0.05) is 19.4 Å². The van der Waals surface area contributed by atoms with E-state index in [1.165, 1.54) is 5.01 Å². The molecule has 2 heterocycles. The first kappa shape index (κ1) is 18.0. The number of amides is 2. The third-order valence-electron chi connectivity index (χ3n) is 4.60. The van der Waals surface area contributed by atoms with E-state index < -0.39 is 0 Å². The fraction of sp³-hybridized carbons (Fsp3) is 0.286. The van der Waals surface area contributed by atoms with Gasteiger partial charge in [0.05, 0.1) is 5.69 Å². The summed E-state index contributed by atoms with van der Waals surface area (Å²) in [6.07, 6.45) is 1.28. The van der Waals surface area contributed by atoms with E-state index in [0.717, 1.165) is 17.1 Å². The number of carbonyl (C=O) groups is 2. The summed E-state index contributed by atoms with van der Waals surface area (Å²) in [5.74, 6) is 1.13. The summed E-state index contributed by atoms with van der Waals surface area (Å²) < 4.78 is 11.1. The summed E-state index contributed by atoms with van der Waals surface area (Å²) in [7, 11) is 0. The normalized spacial score (nSPS) is 15.8. The Morgan fingerprint density at radius 3 is 2.64 bits per heavy atom. The van der Waals surface area contributed by atoms with E-state index in [9.17, 15) is 9.59 Å². The van der Waals surface area contributed by atoms with E-state index in [2.05, 4.69) is 10.4 Å². The number of carbonyl (C=O) groups excluding carboxylic acids is 2. The lowest BCUT2D eigenvalue weighted by Crippen LogP contribution is -2.39. The molecule has 0 spiro atoms. The minimum absolute atomic E-state index is 0.112. The molecule has 0 saturated heterocycles. The van der Waals surface area contributed by atoms with Gasteiger partial charge in [-0.05, 0) is 36.2 Å². The molecule has 0 atom stereocenters. The van der Waals surface area contributed by atoms with Crippen LogP contribution in [-0.2, 0) is 16.0 Å². The second-order valence-corrected chi connectivity index (χ2v) is 6.57. The number of para-hydroxylation sites is 1. The Labute approximate surface area is 162 Å². The predicted molar refractivity (Wildman–Crippen MR) is 105 cm³/mol. The standard InChI is InChI=1S/C21H21N3O4/c25-20-9-7-17(23-24(20)16-4-2-1-3-5-16)21(26)22-11-10-15-6-8-18-19(14-15)28-13-12-27-18/h1-6,8,14H,7,9-13H2,(H,22,26). The number of nitrogens with one attached hydrogen (secondary N) is 1. The SMILES string of the molecule is O=C(NCCc1ccc2c(c1)OCCO2)C1=NN(c2ccccc2)C(=O)CC1. The molecule has 0 bridgehead atoms. The second-order valence-electron chi connectivity index (χ2n) is 6.57. The second kappa shape index (κ2) is 8.12. The van der Waals surface area contributed by atoms with Gasteiger partial charge in [0.2, 0.25) is 5.91 Å². The molecule has 0 fully saturated rings. The first-order chi connectivity index (χ1) is 13.7. The van der Waals surface area contributed by atoms with Crippen LogP contribution in [0.15, 0.2) is 53.6 Å². The quantitative estimate of drug-likeness (QED) is 0.864. The number of benzene rings is 2. The number of fused-ring (bicyclic) bond motifs is 1. The van der Waals surface area contributed by atoms with E-state index in [1.54, 1.807) is 12.1 Å². The first-order valence-corrected chi connectivity index (χ1v) is 9.33. The number of anilines is 1. The highest BCUT2D eigenvalue weighted by molar-refractivity contribution is 6.40. The number of rotatable bonds is 5. The average molecular weight is 379 g/mol. The van der Waals surface area contributed by atoms with Gasteiger partial charge in [-0.1, -0.05) is 24.3 Å². The molecular weight excluding hydrogens is 358 g/mol. The van der Waals surface area contributed by atoms with Crippen LogP contribution < -0.4 is 19.8 Å². The van der Waals surface area contributed by atoms with E-state index >= 15 is 0 Å². The molecule has 0 aliphatic carbocycles. The van der Waals surface area contributed by atoms with E-state index in [1.807, 2.05) is 36.4 Å². The lowest BCUT2D eigenvalue weighted by atomic mass is 10.1. The van der Waals surface area contributed by atoms with Crippen LogP contribution in [0.1, 0.15) is 18.4 Å². The summed E-state index contributed by atoms with van der Waals surface area (Å²) in [5, 5.41) is 8.46. The minimum Gasteiger partial charge on any atom is -0.486 e. The van der Waals surface area contributed by atoms with Crippen molar-refractivity contribution in [2.45, 2.75) is 19.3 Å². The molecule has 2 aliphatic heterocycles. The van der Waals surface area contributed by atoms with Crippen LogP contribution in [0, 0.1) is 0 Å². The van der Waals surface area contributed by atoms with Gasteiger partial charge in [0.25, 0.3) is 5.91 Å². The fourth-order valence-corrected chi connectivity index (χ4v) is 3.15. The zero-order valence-corrected chi connectivity index (χ0v) is 15.4. The van der Waals surface area contributed by atoms with Gasteiger partial charge in [-0.15, -0.1) is 0 Å². The van der Waals surface area contributed by atoms with E-state index in [-0.39, 0.29) is 18.2 Å². The molecule has 2 aliphatic rings. The summed E-state index contributed by atoms with van der Waals surface area (Å²) in [5.41, 5.74) is 2.08. The fourth-order valence-electron chi connectivity index (χ4n) is 3.15. The van der Waals surface area contributed by atoms with Crippen molar-refractivity contribution in [3.05, 3.63) is 54.1 Å². The van der Waals surface area contributed by atoms with Crippen LogP contribution in [0.3, 0.4) is 0 Å². The zero-order chi connectivity index (χ0) is 19.3. The summed E-state index contributed by atoms with van der Waals surface area (Å²) >= 11 is 0. The molecule has 7 nitrogen and oxygen atoms in total. The van der Waals surface area contributed by atoms with Crippen molar-refractivity contribution in [1.29, 1.82) is 0 Å². The third-order valence-corrected chi connectivity index (χ3v) is 4.60. The summed E-state index contributed by atoms with van der Waals surface area (Å²) in [6, 6.07) is 14.9. The Balaban J connectivity index is 1.36. The summed E-state index contributed by atoms with van der Waals surface area (Å²) in [6.45, 7) is 1.58. The molecule has 0 saturated carbocycles. The van der Waals surface area contributed by atoms with Crippen LogP contribution in [0.5, 0.6) is 11.5 Å². The lowest BCUT2D eigenvalue weighted by Gasteiger charge is -2.23. The average Bonchev–Trinajstić information content (AvgIpc) is 2.74. The van der Waals surface area contributed by atoms with Crippen LogP contribution in [0.2, 0.25) is 0 Å². The molecule has 2 aromatic carbocycles. The third kappa shape index (κ3) is 3.98. The Morgan fingerprint density at radius 1 is 1.04 bits per heavy atom. The highest BCUT2D eigenvalue weighted by Crippen LogP contribution is 2.30. The molecule has 4 rings (SSSR count). The van der Waals surface area contributed by atoms with Crippen LogP contribution in [-0.4, -0.2) is 37.3 Å². The maximum atomic E-state index is 12.5. The molecular formula is C21H21N3O4. The number of hydrogen-bond acceptors (Lipinski definition) is 5. The van der Waals surface area contributed by atoms with Crippen molar-refractivity contribution in [3.8, 4) is 11.5 Å². The number of hydrogen-bond donors (Lipinski definition) is 1. The van der Waals surface area contributed by atoms with Crippen LogP contribution >= 0.6 is 0 Å². The Bertz CT molecular complexity index is 911. The smallest absolute Gasteiger partial charge is 0.267 e. The number of ether oxygens (including phenoxy) is 2. The largest absolute Gasteiger partial charge is 0.486 e. The van der Waals surface area contributed by atoms with Gasteiger partial charge in [-0.25, -0.2) is 5.01 Å². The van der Waals surface area contributed by atoms with Gasteiger partial charge in [0.1, 0.15) is 18.9 Å². The number of nitrogens with zero attached hydrogens (tertiary/aromatic N) is 2. The van der Waals surface area contributed by atoms with E-state index in [0.29, 0.717) is 44.0 Å². The molecule has 2 amide bonds. The van der Waals surface area contributed by atoms with Crippen molar-refractivity contribution < 1.29 is 19.1 Å². The minimum atomic E-state index is -0.244. The molecule has 0 aromatic heterocycles. The van der Waals surface area contributed by atoms with Crippen molar-refractivity contribution in [2.24, 2.45) is 5.10 Å². The lowest BCUT2D eigenvalue weighted by molar-refractivity contribution is -0.118. The monoisotopic (exact) mass is 379 g/mol. The Kier molecular flexibility index (Phi) is 5.23. The molecule has 0 unspecified atom stereocenters. The zero-order valence-electron chi connectivity index (χ0n) is 15.4. The van der Waals surface area contributed by atoms with Crippen molar-refractivity contribution >= 4 is 23.2 Å². The predicted octanol–water partition coefficient (Wildman–Crippen LogP) is 2.30. The van der Waals surface area contributed by atoms with Gasteiger partial charge >= 0.3 is 0 Å². The molecule has 0 radical (unpaired) electrons. The van der Waals surface area contributed by atoms with Gasteiger partial charge < -0.3 is 14.8 Å². The molecule has 2 aromatic rings. The number of hydrazone groups is 1. The van der Waals surface area contributed by atoms with Crippen molar-refractivity contribution in [2.75, 3.05) is 24.8 Å². The van der Waals surface area contributed by atoms with Crippen LogP contribution in [0.4, 0.5) is 5.69 Å². The van der Waals surface area contributed by atoms with Gasteiger partial charge in [-0.3, -0.25) is 9.59 Å². The topological polar surface area (TPSA) is 80.2 Å². The van der Waals surface area contributed by atoms with E-state index in [4.69, 9.17) is 9.47 Å². The Hall–Kier alpha value is -3.35. The van der Waals surface area contributed by atoms with Gasteiger partial charge in [0.15, 0.2) is 11.5 Å². The molecule has 144 valence electrons. The Morgan fingerprint density at radius 2 is 1.82 bits per heavy atom. The highest BCUT2D eigenvalue weighted by Gasteiger charge is 2.25. The highest BCUT2D eigenvalue weighted by atomic mass is 16.6.